The van der Waals surface area contributed by atoms with Crippen molar-refractivity contribution in [2.24, 2.45) is 0 Å². The zero-order chi connectivity index (χ0) is 11.0. The predicted molar refractivity (Wildman–Crippen MR) is 73.8 cm³/mol. The fourth-order valence-electron chi connectivity index (χ4n) is 1.77. The lowest BCUT2D eigenvalue weighted by molar-refractivity contribution is 0.910. The molecule has 0 unspecified atom stereocenters. The van der Waals surface area contributed by atoms with Crippen molar-refractivity contribution in [2.75, 3.05) is 0 Å². The first-order valence-corrected chi connectivity index (χ1v) is 6.11. The Morgan fingerprint density at radius 3 is 2.62 bits per heavy atom. The van der Waals surface area contributed by atoms with Gasteiger partial charge in [-0.1, -0.05) is 24.3 Å². The first-order valence-electron chi connectivity index (χ1n) is 5.03. The van der Waals surface area contributed by atoms with Crippen molar-refractivity contribution >= 4 is 33.5 Å². The third-order valence-electron chi connectivity index (χ3n) is 2.53. The summed E-state index contributed by atoms with van der Waals surface area (Å²) >= 11 is 2.32. The van der Waals surface area contributed by atoms with Gasteiger partial charge in [-0.15, -0.1) is 0 Å². The molecule has 16 heavy (non-hydrogen) atoms. The Kier molecular flexibility index (Phi) is 2.40. The van der Waals surface area contributed by atoms with E-state index in [-0.39, 0.29) is 0 Å². The Bertz CT molecular complexity index is 629. The molecule has 3 aromatic rings. The van der Waals surface area contributed by atoms with Crippen molar-refractivity contribution in [3.05, 3.63) is 58.3 Å². The first-order chi connectivity index (χ1) is 7.84. The molecule has 0 N–H and O–H groups in total. The van der Waals surface area contributed by atoms with E-state index in [4.69, 9.17) is 0 Å². The second kappa shape index (κ2) is 3.90. The van der Waals surface area contributed by atoms with Gasteiger partial charge in [0.2, 0.25) is 0 Å². The van der Waals surface area contributed by atoms with E-state index in [0.717, 1.165) is 11.2 Å². The van der Waals surface area contributed by atoms with Crippen LogP contribution in [0.3, 0.4) is 0 Å². The quantitative estimate of drug-likeness (QED) is 0.626. The van der Waals surface area contributed by atoms with E-state index in [1.165, 1.54) is 8.96 Å². The minimum absolute atomic E-state index is 1.10. The molecule has 78 valence electrons. The lowest BCUT2D eigenvalue weighted by atomic mass is 10.2. The van der Waals surface area contributed by atoms with E-state index in [1.807, 2.05) is 29.1 Å². The summed E-state index contributed by atoms with van der Waals surface area (Å²) in [4.78, 5) is 0. The van der Waals surface area contributed by atoms with Crippen LogP contribution < -0.4 is 0 Å². The van der Waals surface area contributed by atoms with Gasteiger partial charge in [0.1, 0.15) is 0 Å². The monoisotopic (exact) mass is 320 g/mol. The average Bonchev–Trinajstić information content (AvgIpc) is 2.73. The molecule has 0 saturated heterocycles. The summed E-state index contributed by atoms with van der Waals surface area (Å²) in [7, 11) is 0. The second-order valence-corrected chi connectivity index (χ2v) is 4.84. The highest BCUT2D eigenvalue weighted by Crippen LogP contribution is 2.20. The summed E-state index contributed by atoms with van der Waals surface area (Å²) in [6.07, 6.45) is 1.90. The van der Waals surface area contributed by atoms with Crippen LogP contribution in [0.25, 0.3) is 16.6 Å². The van der Waals surface area contributed by atoms with Gasteiger partial charge < -0.3 is 0 Å². The molecule has 0 bridgehead atoms. The molecular weight excluding hydrogens is 311 g/mol. The van der Waals surface area contributed by atoms with Gasteiger partial charge in [0.15, 0.2) is 0 Å². The molecule has 1 heterocycles. The summed E-state index contributed by atoms with van der Waals surface area (Å²) < 4.78 is 3.19. The highest BCUT2D eigenvalue weighted by atomic mass is 127. The van der Waals surface area contributed by atoms with Crippen LogP contribution in [0.4, 0.5) is 0 Å². The SMILES string of the molecule is Ic1ccc2cnn(-c3ccccc3)c2c1. The molecule has 3 heteroatoms. The zero-order valence-corrected chi connectivity index (χ0v) is 10.6. The summed E-state index contributed by atoms with van der Waals surface area (Å²) in [6.45, 7) is 0. The Labute approximate surface area is 107 Å². The van der Waals surface area contributed by atoms with E-state index in [0.29, 0.717) is 0 Å². The summed E-state index contributed by atoms with van der Waals surface area (Å²) in [6, 6.07) is 16.5. The van der Waals surface area contributed by atoms with Crippen molar-refractivity contribution in [3.63, 3.8) is 0 Å². The van der Waals surface area contributed by atoms with Crippen LogP contribution in [0.1, 0.15) is 0 Å². The molecule has 0 aliphatic rings. The third-order valence-corrected chi connectivity index (χ3v) is 3.20. The van der Waals surface area contributed by atoms with E-state index in [2.05, 4.69) is 58.0 Å². The van der Waals surface area contributed by atoms with Gasteiger partial charge >= 0.3 is 0 Å². The lowest BCUT2D eigenvalue weighted by Crippen LogP contribution is -1.95. The van der Waals surface area contributed by atoms with Crippen LogP contribution in [0.15, 0.2) is 54.7 Å². The first kappa shape index (κ1) is 9.84. The van der Waals surface area contributed by atoms with Gasteiger partial charge in [-0.3, -0.25) is 0 Å². The highest BCUT2D eigenvalue weighted by Gasteiger charge is 2.04. The fourth-order valence-corrected chi connectivity index (χ4v) is 2.24. The van der Waals surface area contributed by atoms with Crippen LogP contribution in [-0.2, 0) is 0 Å². The van der Waals surface area contributed by atoms with Gasteiger partial charge in [-0.25, -0.2) is 4.68 Å². The van der Waals surface area contributed by atoms with Crippen molar-refractivity contribution in [2.45, 2.75) is 0 Å². The molecule has 0 aliphatic heterocycles. The number of hydrogen-bond acceptors (Lipinski definition) is 1. The highest BCUT2D eigenvalue weighted by molar-refractivity contribution is 14.1. The van der Waals surface area contributed by atoms with E-state index in [9.17, 15) is 0 Å². The minimum Gasteiger partial charge on any atom is -0.233 e. The molecule has 0 spiro atoms. The molecule has 0 amide bonds. The number of halogens is 1. The van der Waals surface area contributed by atoms with Crippen LogP contribution in [0.2, 0.25) is 0 Å². The number of para-hydroxylation sites is 1. The van der Waals surface area contributed by atoms with E-state index < -0.39 is 0 Å². The van der Waals surface area contributed by atoms with Gasteiger partial charge in [0, 0.05) is 8.96 Å². The topological polar surface area (TPSA) is 17.8 Å². The van der Waals surface area contributed by atoms with Crippen LogP contribution in [0, 0.1) is 3.57 Å². The Balaban J connectivity index is 2.29. The maximum absolute atomic E-state index is 4.42. The van der Waals surface area contributed by atoms with Gasteiger partial charge in [0.05, 0.1) is 17.4 Å². The number of hydrogen-bond donors (Lipinski definition) is 0. The van der Waals surface area contributed by atoms with Crippen LogP contribution >= 0.6 is 22.6 Å². The molecular formula is C13H9IN2. The third kappa shape index (κ3) is 1.61. The molecule has 0 radical (unpaired) electrons. The number of aromatic nitrogens is 2. The molecule has 0 atom stereocenters. The normalized spacial score (nSPS) is 10.8. The molecule has 3 rings (SSSR count). The number of benzene rings is 2. The maximum atomic E-state index is 4.42. The minimum atomic E-state index is 1.10. The summed E-state index contributed by atoms with van der Waals surface area (Å²) in [5, 5.41) is 5.59. The van der Waals surface area contributed by atoms with Crippen molar-refractivity contribution in [1.82, 2.24) is 9.78 Å². The predicted octanol–water partition coefficient (Wildman–Crippen LogP) is 3.63. The molecule has 0 saturated carbocycles. The standard InChI is InChI=1S/C13H9IN2/c14-11-7-6-10-9-15-16(13(10)8-11)12-4-2-1-3-5-12/h1-9H. The van der Waals surface area contributed by atoms with Gasteiger partial charge in [0.25, 0.3) is 0 Å². The Hall–Kier alpha value is -1.36. The number of nitrogens with zero attached hydrogens (tertiary/aromatic N) is 2. The van der Waals surface area contributed by atoms with Crippen LogP contribution in [-0.4, -0.2) is 9.78 Å². The van der Waals surface area contributed by atoms with Crippen molar-refractivity contribution in [1.29, 1.82) is 0 Å². The zero-order valence-electron chi connectivity index (χ0n) is 8.47. The molecule has 0 aliphatic carbocycles. The maximum Gasteiger partial charge on any atom is 0.0751 e. The van der Waals surface area contributed by atoms with Crippen LogP contribution in [0.5, 0.6) is 0 Å². The molecule has 2 nitrogen and oxygen atoms in total. The summed E-state index contributed by atoms with van der Waals surface area (Å²) in [5.41, 5.74) is 2.25. The molecule has 0 fully saturated rings. The Morgan fingerprint density at radius 2 is 1.81 bits per heavy atom. The van der Waals surface area contributed by atoms with Gasteiger partial charge in [-0.2, -0.15) is 5.10 Å². The van der Waals surface area contributed by atoms with Crippen molar-refractivity contribution in [3.8, 4) is 5.69 Å². The lowest BCUT2D eigenvalue weighted by Gasteiger charge is -2.02. The molecule has 2 aromatic carbocycles. The largest absolute Gasteiger partial charge is 0.233 e. The smallest absolute Gasteiger partial charge is 0.0751 e. The number of fused-ring (bicyclic) bond motifs is 1. The Morgan fingerprint density at radius 1 is 1.00 bits per heavy atom. The van der Waals surface area contributed by atoms with Crippen molar-refractivity contribution < 1.29 is 0 Å². The van der Waals surface area contributed by atoms with E-state index in [1.54, 1.807) is 0 Å². The van der Waals surface area contributed by atoms with Gasteiger partial charge in [-0.05, 0) is 46.9 Å². The summed E-state index contributed by atoms with van der Waals surface area (Å²) in [5.74, 6) is 0. The van der Waals surface area contributed by atoms with E-state index >= 15 is 0 Å². The fraction of sp³-hybridized carbons (Fsp3) is 0. The molecule has 1 aromatic heterocycles. The second-order valence-electron chi connectivity index (χ2n) is 3.60. The average molecular weight is 320 g/mol. The number of rotatable bonds is 1.